The van der Waals surface area contributed by atoms with Gasteiger partial charge in [-0.2, -0.15) is 0 Å². The highest BCUT2D eigenvalue weighted by molar-refractivity contribution is 7.50. The Morgan fingerprint density at radius 3 is 2.88 bits per heavy atom. The second-order valence-electron chi connectivity index (χ2n) is 4.70. The van der Waals surface area contributed by atoms with Crippen LogP contribution in [0.2, 0.25) is 0 Å². The molecule has 0 aromatic rings. The molecule has 2 aliphatic rings. The molecule has 6 nitrogen and oxygen atoms in total. The van der Waals surface area contributed by atoms with Crippen molar-refractivity contribution in [3.8, 4) is 0 Å². The van der Waals surface area contributed by atoms with E-state index in [0.29, 0.717) is 19.6 Å². The highest BCUT2D eigenvalue weighted by Gasteiger charge is 2.58. The maximum atomic E-state index is 11.3. The van der Waals surface area contributed by atoms with Gasteiger partial charge in [0.05, 0.1) is 19.3 Å². The summed E-state index contributed by atoms with van der Waals surface area (Å²) in [5, 5.41) is 0. The third kappa shape index (κ3) is 2.57. The van der Waals surface area contributed by atoms with Crippen LogP contribution in [0.15, 0.2) is 0 Å². The van der Waals surface area contributed by atoms with E-state index in [2.05, 4.69) is 0 Å². The predicted octanol–water partition coefficient (Wildman–Crippen LogP) is 0.148. The average Bonchev–Trinajstić information content (AvgIpc) is 2.35. The lowest BCUT2D eigenvalue weighted by atomic mass is 9.90. The summed E-state index contributed by atoms with van der Waals surface area (Å²) < 4.78 is 33.0. The van der Waals surface area contributed by atoms with Gasteiger partial charge in [-0.1, -0.05) is 0 Å². The zero-order chi connectivity index (χ0) is 12.7. The molecule has 0 radical (unpaired) electrons. The van der Waals surface area contributed by atoms with Crippen molar-refractivity contribution >= 4 is 7.60 Å². The molecule has 2 saturated heterocycles. The van der Waals surface area contributed by atoms with Gasteiger partial charge in [-0.25, -0.2) is 0 Å². The summed E-state index contributed by atoms with van der Waals surface area (Å²) in [6.45, 7) is 3.76. The smallest absolute Gasteiger partial charge is 0.132 e. The first-order valence-electron chi connectivity index (χ1n) is 5.63. The fourth-order valence-electron chi connectivity index (χ4n) is 2.64. The highest BCUT2D eigenvalue weighted by Crippen LogP contribution is 2.47. The summed E-state index contributed by atoms with van der Waals surface area (Å²) in [6.07, 6.45) is -0.573. The standard InChI is InChI=1S/C10H19O6P/c1-7-8-9(16-17(3,11)12)10(15-7,6-13-2)4-5-14-8/h7-9H,4-6H2,1-3H3,(H,11,12)/p-1/t7-,8?,9+,10+/m0/s1. The lowest BCUT2D eigenvalue weighted by Crippen LogP contribution is -2.53. The van der Waals surface area contributed by atoms with E-state index in [-0.39, 0.29) is 12.2 Å². The van der Waals surface area contributed by atoms with E-state index in [0.717, 1.165) is 6.66 Å². The van der Waals surface area contributed by atoms with Crippen molar-refractivity contribution in [1.82, 2.24) is 0 Å². The molecule has 2 aliphatic heterocycles. The van der Waals surface area contributed by atoms with Crippen LogP contribution in [0.5, 0.6) is 0 Å². The topological polar surface area (TPSA) is 77.0 Å². The van der Waals surface area contributed by atoms with Crippen molar-refractivity contribution in [2.75, 3.05) is 27.0 Å². The molecule has 17 heavy (non-hydrogen) atoms. The normalized spacial score (nSPS) is 44.6. The van der Waals surface area contributed by atoms with Gasteiger partial charge in [0.2, 0.25) is 0 Å². The molecule has 0 amide bonds. The molecule has 2 unspecified atom stereocenters. The lowest BCUT2D eigenvalue weighted by molar-refractivity contribution is -0.217. The second-order valence-corrected chi connectivity index (χ2v) is 6.46. The van der Waals surface area contributed by atoms with E-state index in [1.807, 2.05) is 6.92 Å². The highest BCUT2D eigenvalue weighted by atomic mass is 31.2. The molecular weight excluding hydrogens is 247 g/mol. The van der Waals surface area contributed by atoms with Gasteiger partial charge in [0.1, 0.15) is 25.4 Å². The molecule has 0 saturated carbocycles. The molecule has 2 rings (SSSR count). The predicted molar refractivity (Wildman–Crippen MR) is 57.9 cm³/mol. The minimum Gasteiger partial charge on any atom is -0.779 e. The molecule has 2 bridgehead atoms. The zero-order valence-corrected chi connectivity index (χ0v) is 11.1. The fraction of sp³-hybridized carbons (Fsp3) is 1.00. The summed E-state index contributed by atoms with van der Waals surface area (Å²) in [6, 6.07) is 0. The number of fused-ring (bicyclic) bond motifs is 2. The van der Waals surface area contributed by atoms with Crippen LogP contribution in [0.1, 0.15) is 13.3 Å². The molecule has 5 atom stereocenters. The maximum Gasteiger partial charge on any atom is 0.132 e. The molecule has 7 heteroatoms. The SMILES string of the molecule is COC[C@@]12CCOC([C@H](C)O1)[C@H]2OP(C)(=O)[O-]. The van der Waals surface area contributed by atoms with Crippen LogP contribution < -0.4 is 4.89 Å². The van der Waals surface area contributed by atoms with Gasteiger partial charge in [0, 0.05) is 20.2 Å². The van der Waals surface area contributed by atoms with E-state index >= 15 is 0 Å². The molecule has 100 valence electrons. The van der Waals surface area contributed by atoms with Gasteiger partial charge in [-0.15, -0.1) is 0 Å². The van der Waals surface area contributed by atoms with Crippen molar-refractivity contribution in [3.05, 3.63) is 0 Å². The number of hydrogen-bond acceptors (Lipinski definition) is 6. The first-order chi connectivity index (χ1) is 7.88. The van der Waals surface area contributed by atoms with Gasteiger partial charge in [0.15, 0.2) is 0 Å². The van der Waals surface area contributed by atoms with E-state index < -0.39 is 19.3 Å². The monoisotopic (exact) mass is 265 g/mol. The van der Waals surface area contributed by atoms with Gasteiger partial charge in [-0.3, -0.25) is 0 Å². The Hall–Kier alpha value is 0.0300. The summed E-state index contributed by atoms with van der Waals surface area (Å²) in [5.74, 6) is 0. The summed E-state index contributed by atoms with van der Waals surface area (Å²) >= 11 is 0. The van der Waals surface area contributed by atoms with Gasteiger partial charge in [-0.05, 0) is 6.92 Å². The van der Waals surface area contributed by atoms with Gasteiger partial charge >= 0.3 is 0 Å². The lowest BCUT2D eigenvalue weighted by Gasteiger charge is -2.40. The van der Waals surface area contributed by atoms with Crippen LogP contribution in [0.4, 0.5) is 0 Å². The van der Waals surface area contributed by atoms with Gasteiger partial charge in [0.25, 0.3) is 0 Å². The van der Waals surface area contributed by atoms with Crippen LogP contribution in [0.25, 0.3) is 0 Å². The summed E-state index contributed by atoms with van der Waals surface area (Å²) in [5.41, 5.74) is -0.701. The third-order valence-electron chi connectivity index (χ3n) is 3.23. The Morgan fingerprint density at radius 1 is 1.59 bits per heavy atom. The van der Waals surface area contributed by atoms with Crippen molar-refractivity contribution in [2.45, 2.75) is 37.3 Å². The average molecular weight is 265 g/mol. The molecule has 0 aromatic carbocycles. The Bertz CT molecular complexity index is 325. The third-order valence-corrected chi connectivity index (χ3v) is 3.84. The Balaban J connectivity index is 2.24. The molecule has 2 fully saturated rings. The molecule has 2 heterocycles. The van der Waals surface area contributed by atoms with Gasteiger partial charge < -0.3 is 28.2 Å². The van der Waals surface area contributed by atoms with Crippen LogP contribution in [-0.4, -0.2) is 50.9 Å². The second kappa shape index (κ2) is 4.61. The van der Waals surface area contributed by atoms with Crippen molar-refractivity contribution in [3.63, 3.8) is 0 Å². The largest absolute Gasteiger partial charge is 0.779 e. The number of methoxy groups -OCH3 is 1. The summed E-state index contributed by atoms with van der Waals surface area (Å²) in [7, 11) is -2.27. The minimum absolute atomic E-state index is 0.191. The number of rotatable bonds is 4. The molecular formula is C10H18O6P-. The Kier molecular flexibility index (Phi) is 3.65. The van der Waals surface area contributed by atoms with E-state index in [1.54, 1.807) is 7.11 Å². The Morgan fingerprint density at radius 2 is 2.29 bits per heavy atom. The van der Waals surface area contributed by atoms with E-state index in [4.69, 9.17) is 18.7 Å². The van der Waals surface area contributed by atoms with Crippen LogP contribution in [0, 0.1) is 0 Å². The quantitative estimate of drug-likeness (QED) is 0.673. The zero-order valence-electron chi connectivity index (χ0n) is 10.3. The van der Waals surface area contributed by atoms with Crippen LogP contribution in [0.3, 0.4) is 0 Å². The maximum absolute atomic E-state index is 11.3. The first kappa shape index (κ1) is 13.5. The van der Waals surface area contributed by atoms with E-state index in [9.17, 15) is 9.46 Å². The Labute approximate surface area is 101 Å². The van der Waals surface area contributed by atoms with E-state index in [1.165, 1.54) is 0 Å². The van der Waals surface area contributed by atoms with Crippen molar-refractivity contribution in [2.24, 2.45) is 0 Å². The molecule has 0 aliphatic carbocycles. The fourth-order valence-corrected chi connectivity index (χ4v) is 3.36. The van der Waals surface area contributed by atoms with Crippen LogP contribution in [-0.2, 0) is 23.3 Å². The number of ether oxygens (including phenoxy) is 3. The molecule has 0 spiro atoms. The molecule has 0 aromatic heterocycles. The minimum atomic E-state index is -3.83. The number of hydrogen-bond donors (Lipinski definition) is 0. The van der Waals surface area contributed by atoms with Crippen LogP contribution >= 0.6 is 7.60 Å². The van der Waals surface area contributed by atoms with Crippen molar-refractivity contribution in [1.29, 1.82) is 0 Å². The first-order valence-corrected chi connectivity index (χ1v) is 7.62. The van der Waals surface area contributed by atoms with Crippen molar-refractivity contribution < 1.29 is 28.2 Å². The molecule has 0 N–H and O–H groups in total. The summed E-state index contributed by atoms with van der Waals surface area (Å²) in [4.78, 5) is 11.3.